The third kappa shape index (κ3) is 1.82. The fraction of sp³-hybridized carbons (Fsp3) is 1.00. The van der Waals surface area contributed by atoms with Crippen molar-refractivity contribution < 1.29 is 0 Å². The van der Waals surface area contributed by atoms with Crippen LogP contribution in [0, 0.1) is 5.41 Å². The first-order valence-electron chi connectivity index (χ1n) is 5.99. The van der Waals surface area contributed by atoms with E-state index >= 15 is 0 Å². The molecule has 3 unspecified atom stereocenters. The van der Waals surface area contributed by atoms with Crippen molar-refractivity contribution in [2.75, 3.05) is 13.1 Å². The molecule has 82 valence electrons. The molecule has 1 heterocycles. The van der Waals surface area contributed by atoms with Crippen molar-refractivity contribution in [3.05, 3.63) is 0 Å². The van der Waals surface area contributed by atoms with Gasteiger partial charge in [-0.05, 0) is 32.1 Å². The highest BCUT2D eigenvalue weighted by Crippen LogP contribution is 2.43. The Morgan fingerprint density at radius 3 is 2.07 bits per heavy atom. The minimum absolute atomic E-state index is 0.566. The molecule has 1 saturated heterocycles. The van der Waals surface area contributed by atoms with E-state index in [2.05, 4.69) is 37.9 Å². The van der Waals surface area contributed by atoms with E-state index in [4.69, 9.17) is 0 Å². The maximum absolute atomic E-state index is 3.60. The molecule has 2 nitrogen and oxygen atoms in total. The SMILES string of the molecule is CC1CN(C2CCC2(C)C)CC(C)N1. The number of nitrogens with zero attached hydrogens (tertiary/aromatic N) is 1. The number of hydrogen-bond donors (Lipinski definition) is 1. The second-order valence-electron chi connectivity index (χ2n) is 5.97. The third-order valence-electron chi connectivity index (χ3n) is 3.99. The molecule has 0 amide bonds. The molecule has 2 fully saturated rings. The normalized spacial score (nSPS) is 43.3. The third-order valence-corrected chi connectivity index (χ3v) is 3.99. The van der Waals surface area contributed by atoms with Gasteiger partial charge in [-0.2, -0.15) is 0 Å². The van der Waals surface area contributed by atoms with Crippen molar-refractivity contribution >= 4 is 0 Å². The summed E-state index contributed by atoms with van der Waals surface area (Å²) in [5, 5.41) is 3.60. The van der Waals surface area contributed by atoms with Crippen LogP contribution in [0.4, 0.5) is 0 Å². The van der Waals surface area contributed by atoms with Gasteiger partial charge >= 0.3 is 0 Å². The van der Waals surface area contributed by atoms with Crippen LogP contribution in [0.5, 0.6) is 0 Å². The van der Waals surface area contributed by atoms with Gasteiger partial charge in [0, 0.05) is 31.2 Å². The first-order chi connectivity index (χ1) is 6.49. The molecule has 0 aromatic heterocycles. The van der Waals surface area contributed by atoms with Crippen molar-refractivity contribution in [3.63, 3.8) is 0 Å². The summed E-state index contributed by atoms with van der Waals surface area (Å²) in [6.07, 6.45) is 2.82. The first kappa shape index (κ1) is 10.4. The van der Waals surface area contributed by atoms with Crippen LogP contribution in [-0.4, -0.2) is 36.1 Å². The summed E-state index contributed by atoms with van der Waals surface area (Å²) >= 11 is 0. The quantitative estimate of drug-likeness (QED) is 0.688. The fourth-order valence-corrected chi connectivity index (χ4v) is 3.15. The second-order valence-corrected chi connectivity index (χ2v) is 5.97. The lowest BCUT2D eigenvalue weighted by Crippen LogP contribution is -2.62. The predicted molar refractivity (Wildman–Crippen MR) is 60.4 cm³/mol. The topological polar surface area (TPSA) is 15.3 Å². The van der Waals surface area contributed by atoms with Gasteiger partial charge in [-0.3, -0.25) is 4.90 Å². The summed E-state index contributed by atoms with van der Waals surface area (Å²) in [6.45, 7) is 11.9. The van der Waals surface area contributed by atoms with Crippen LogP contribution in [0.15, 0.2) is 0 Å². The molecule has 1 N–H and O–H groups in total. The summed E-state index contributed by atoms with van der Waals surface area (Å²) in [5.41, 5.74) is 0.566. The molecule has 0 aromatic carbocycles. The van der Waals surface area contributed by atoms with E-state index in [1.165, 1.54) is 25.9 Å². The molecule has 2 heteroatoms. The number of piperazine rings is 1. The molecule has 1 aliphatic carbocycles. The van der Waals surface area contributed by atoms with Crippen molar-refractivity contribution in [1.82, 2.24) is 10.2 Å². The average molecular weight is 196 g/mol. The average Bonchev–Trinajstić information content (AvgIpc) is 2.00. The first-order valence-corrected chi connectivity index (χ1v) is 5.99. The van der Waals surface area contributed by atoms with Gasteiger partial charge < -0.3 is 5.32 Å². The monoisotopic (exact) mass is 196 g/mol. The Kier molecular flexibility index (Phi) is 2.61. The smallest absolute Gasteiger partial charge is 0.0169 e. The lowest BCUT2D eigenvalue weighted by Gasteiger charge is -2.53. The van der Waals surface area contributed by atoms with E-state index in [0.29, 0.717) is 17.5 Å². The van der Waals surface area contributed by atoms with Crippen LogP contribution in [0.3, 0.4) is 0 Å². The molecule has 3 atom stereocenters. The molecule has 1 aliphatic heterocycles. The number of rotatable bonds is 1. The maximum Gasteiger partial charge on any atom is 0.0169 e. The lowest BCUT2D eigenvalue weighted by atomic mass is 9.66. The summed E-state index contributed by atoms with van der Waals surface area (Å²) in [7, 11) is 0. The van der Waals surface area contributed by atoms with Crippen LogP contribution in [0.2, 0.25) is 0 Å². The zero-order chi connectivity index (χ0) is 10.3. The maximum atomic E-state index is 3.60. The summed E-state index contributed by atoms with van der Waals surface area (Å²) in [5.74, 6) is 0. The molecular formula is C12H24N2. The van der Waals surface area contributed by atoms with Crippen LogP contribution in [0.25, 0.3) is 0 Å². The molecule has 0 aromatic rings. The molecule has 0 bridgehead atoms. The fourth-order valence-electron chi connectivity index (χ4n) is 3.15. The van der Waals surface area contributed by atoms with Crippen molar-refractivity contribution in [2.24, 2.45) is 5.41 Å². The summed E-state index contributed by atoms with van der Waals surface area (Å²) < 4.78 is 0. The van der Waals surface area contributed by atoms with E-state index in [9.17, 15) is 0 Å². The Bertz CT molecular complexity index is 202. The van der Waals surface area contributed by atoms with E-state index in [0.717, 1.165) is 6.04 Å². The largest absolute Gasteiger partial charge is 0.309 e. The molecule has 1 saturated carbocycles. The van der Waals surface area contributed by atoms with Gasteiger partial charge in [-0.25, -0.2) is 0 Å². The Morgan fingerprint density at radius 2 is 1.71 bits per heavy atom. The van der Waals surface area contributed by atoms with Crippen LogP contribution in [0.1, 0.15) is 40.5 Å². The van der Waals surface area contributed by atoms with Gasteiger partial charge in [0.05, 0.1) is 0 Å². The molecule has 14 heavy (non-hydrogen) atoms. The zero-order valence-corrected chi connectivity index (χ0v) is 10.0. The Balaban J connectivity index is 1.97. The lowest BCUT2D eigenvalue weighted by molar-refractivity contribution is -0.0215. The second kappa shape index (κ2) is 3.49. The summed E-state index contributed by atoms with van der Waals surface area (Å²) in [4.78, 5) is 2.70. The Morgan fingerprint density at radius 1 is 1.14 bits per heavy atom. The molecule has 0 spiro atoms. The molecule has 2 aliphatic rings. The highest BCUT2D eigenvalue weighted by molar-refractivity contribution is 4.98. The molecule has 0 radical (unpaired) electrons. The van der Waals surface area contributed by atoms with Gasteiger partial charge in [-0.15, -0.1) is 0 Å². The van der Waals surface area contributed by atoms with Crippen molar-refractivity contribution in [2.45, 2.75) is 58.7 Å². The van der Waals surface area contributed by atoms with Crippen molar-refractivity contribution in [1.29, 1.82) is 0 Å². The Labute approximate surface area is 88.1 Å². The Hall–Kier alpha value is -0.0800. The number of hydrogen-bond acceptors (Lipinski definition) is 2. The predicted octanol–water partition coefficient (Wildman–Crippen LogP) is 1.86. The molecular weight excluding hydrogens is 172 g/mol. The highest BCUT2D eigenvalue weighted by atomic mass is 15.2. The van der Waals surface area contributed by atoms with Gasteiger partial charge in [-0.1, -0.05) is 13.8 Å². The van der Waals surface area contributed by atoms with Gasteiger partial charge in [0.25, 0.3) is 0 Å². The van der Waals surface area contributed by atoms with Crippen LogP contribution >= 0.6 is 0 Å². The van der Waals surface area contributed by atoms with E-state index in [-0.39, 0.29) is 0 Å². The van der Waals surface area contributed by atoms with E-state index in [1.807, 2.05) is 0 Å². The van der Waals surface area contributed by atoms with E-state index in [1.54, 1.807) is 0 Å². The van der Waals surface area contributed by atoms with Gasteiger partial charge in [0.15, 0.2) is 0 Å². The van der Waals surface area contributed by atoms with Crippen LogP contribution < -0.4 is 5.32 Å². The van der Waals surface area contributed by atoms with Crippen molar-refractivity contribution in [3.8, 4) is 0 Å². The summed E-state index contributed by atoms with van der Waals surface area (Å²) in [6, 6.07) is 2.17. The van der Waals surface area contributed by atoms with E-state index < -0.39 is 0 Å². The zero-order valence-electron chi connectivity index (χ0n) is 10.0. The number of nitrogens with one attached hydrogen (secondary N) is 1. The standard InChI is InChI=1S/C12H24N2/c1-9-7-14(8-10(2)13-9)11-5-6-12(11,3)4/h9-11,13H,5-8H2,1-4H3. The highest BCUT2D eigenvalue weighted by Gasteiger charge is 2.43. The minimum atomic E-state index is 0.566. The minimum Gasteiger partial charge on any atom is -0.309 e. The van der Waals surface area contributed by atoms with Crippen LogP contribution in [-0.2, 0) is 0 Å². The van der Waals surface area contributed by atoms with Gasteiger partial charge in [0.1, 0.15) is 0 Å². The van der Waals surface area contributed by atoms with Gasteiger partial charge in [0.2, 0.25) is 0 Å². The molecule has 2 rings (SSSR count).